The fourth-order valence-corrected chi connectivity index (χ4v) is 4.11. The molecule has 190 valence electrons. The monoisotopic (exact) mass is 514 g/mol. The molecule has 0 saturated carbocycles. The lowest BCUT2D eigenvalue weighted by atomic mass is 10.1. The summed E-state index contributed by atoms with van der Waals surface area (Å²) in [4.78, 5) is 28.9. The Morgan fingerprint density at radius 1 is 1.22 bits per heavy atom. The number of benzene rings is 1. The van der Waals surface area contributed by atoms with Gasteiger partial charge in [-0.15, -0.1) is 0 Å². The minimum atomic E-state index is -4.69. The second-order valence-electron chi connectivity index (χ2n) is 8.15. The highest BCUT2D eigenvalue weighted by molar-refractivity contribution is 5.98. The number of nitrogens with zero attached hydrogens (tertiary/aromatic N) is 7. The Morgan fingerprint density at radius 2 is 2.03 bits per heavy atom. The van der Waals surface area contributed by atoms with Crippen LogP contribution >= 0.6 is 0 Å². The van der Waals surface area contributed by atoms with Crippen molar-refractivity contribution in [3.63, 3.8) is 0 Å². The Morgan fingerprint density at radius 3 is 2.76 bits per heavy atom. The van der Waals surface area contributed by atoms with E-state index in [0.29, 0.717) is 36.6 Å². The SMILES string of the molecule is C=CC(=O)N1CCC(n2nc(-c3ccc(Oc4nccc(C(F)(F)F)n4)cc3F)c3c(N)ncnc32)C1. The summed E-state index contributed by atoms with van der Waals surface area (Å²) in [6.45, 7) is 4.36. The van der Waals surface area contributed by atoms with Gasteiger partial charge in [-0.2, -0.15) is 23.3 Å². The van der Waals surface area contributed by atoms with Gasteiger partial charge in [0.05, 0.1) is 11.4 Å². The van der Waals surface area contributed by atoms with Gasteiger partial charge in [0.25, 0.3) is 0 Å². The van der Waals surface area contributed by atoms with E-state index >= 15 is 4.39 Å². The van der Waals surface area contributed by atoms with E-state index in [1.54, 1.807) is 9.58 Å². The van der Waals surface area contributed by atoms with Crippen molar-refractivity contribution in [3.8, 4) is 23.0 Å². The Hall–Kier alpha value is -4.62. The number of nitrogen functional groups attached to an aromatic ring is 1. The molecule has 0 bridgehead atoms. The lowest BCUT2D eigenvalue weighted by Crippen LogP contribution is -2.27. The molecule has 1 aliphatic rings. The molecule has 1 amide bonds. The lowest BCUT2D eigenvalue weighted by molar-refractivity contribution is -0.141. The quantitative estimate of drug-likeness (QED) is 0.315. The average Bonchev–Trinajstić information content (AvgIpc) is 3.49. The number of hydrogen-bond acceptors (Lipinski definition) is 8. The molecule has 5 rings (SSSR count). The van der Waals surface area contributed by atoms with Crippen LogP contribution in [0, 0.1) is 5.82 Å². The van der Waals surface area contributed by atoms with E-state index in [-0.39, 0.29) is 34.8 Å². The highest BCUT2D eigenvalue weighted by Gasteiger charge is 2.33. The molecule has 10 nitrogen and oxygen atoms in total. The molecule has 37 heavy (non-hydrogen) atoms. The summed E-state index contributed by atoms with van der Waals surface area (Å²) in [7, 11) is 0. The Bertz CT molecular complexity index is 1520. The molecule has 4 aromatic rings. The van der Waals surface area contributed by atoms with Gasteiger partial charge in [0, 0.05) is 30.9 Å². The molecule has 1 aliphatic heterocycles. The van der Waals surface area contributed by atoms with Gasteiger partial charge in [-0.1, -0.05) is 6.58 Å². The fourth-order valence-electron chi connectivity index (χ4n) is 4.11. The number of aromatic nitrogens is 6. The van der Waals surface area contributed by atoms with Crippen molar-refractivity contribution < 1.29 is 27.1 Å². The topological polar surface area (TPSA) is 125 Å². The number of anilines is 1. The second kappa shape index (κ2) is 9.11. The Kier molecular flexibility index (Phi) is 5.93. The first-order valence-corrected chi connectivity index (χ1v) is 10.9. The van der Waals surface area contributed by atoms with Crippen molar-refractivity contribution in [2.45, 2.75) is 18.6 Å². The minimum Gasteiger partial charge on any atom is -0.424 e. The molecule has 1 aromatic carbocycles. The van der Waals surface area contributed by atoms with Crippen LogP contribution in [0.4, 0.5) is 23.4 Å². The molecule has 3 aromatic heterocycles. The van der Waals surface area contributed by atoms with E-state index in [4.69, 9.17) is 10.5 Å². The normalized spacial score (nSPS) is 15.8. The molecular weight excluding hydrogens is 496 g/mol. The first-order chi connectivity index (χ1) is 17.7. The summed E-state index contributed by atoms with van der Waals surface area (Å²) < 4.78 is 60.8. The zero-order valence-electron chi connectivity index (χ0n) is 19.0. The highest BCUT2D eigenvalue weighted by atomic mass is 19.4. The van der Waals surface area contributed by atoms with Gasteiger partial charge in [0.1, 0.15) is 29.4 Å². The van der Waals surface area contributed by atoms with E-state index in [1.165, 1.54) is 24.5 Å². The van der Waals surface area contributed by atoms with Crippen LogP contribution in [-0.2, 0) is 11.0 Å². The first-order valence-electron chi connectivity index (χ1n) is 10.9. The van der Waals surface area contributed by atoms with E-state index in [2.05, 4.69) is 31.6 Å². The van der Waals surface area contributed by atoms with Crippen molar-refractivity contribution in [1.82, 2.24) is 34.6 Å². The van der Waals surface area contributed by atoms with Crippen LogP contribution in [0.2, 0.25) is 0 Å². The number of halogens is 4. The number of amides is 1. The molecule has 4 heterocycles. The highest BCUT2D eigenvalue weighted by Crippen LogP contribution is 2.36. The lowest BCUT2D eigenvalue weighted by Gasteiger charge is -2.14. The predicted octanol–water partition coefficient (Wildman–Crippen LogP) is 3.78. The van der Waals surface area contributed by atoms with Crippen LogP contribution in [-0.4, -0.2) is 53.6 Å². The summed E-state index contributed by atoms with van der Waals surface area (Å²) in [6, 6.07) is 3.53. The van der Waals surface area contributed by atoms with Crippen LogP contribution in [0.15, 0.2) is 49.4 Å². The summed E-state index contributed by atoms with van der Waals surface area (Å²) in [5, 5.41) is 4.90. The number of fused-ring (bicyclic) bond motifs is 1. The summed E-state index contributed by atoms with van der Waals surface area (Å²) >= 11 is 0. The number of likely N-dealkylation sites (tertiary alicyclic amines) is 1. The minimum absolute atomic E-state index is 0.0413. The van der Waals surface area contributed by atoms with E-state index < -0.39 is 23.7 Å². The molecule has 1 saturated heterocycles. The molecule has 0 spiro atoms. The van der Waals surface area contributed by atoms with Crippen molar-refractivity contribution in [3.05, 3.63) is 61.0 Å². The first kappa shape index (κ1) is 24.1. The van der Waals surface area contributed by atoms with Gasteiger partial charge in [-0.3, -0.25) is 4.79 Å². The third-order valence-electron chi connectivity index (χ3n) is 5.84. The standard InChI is InChI=1S/C23H18F4N8O2/c1-2-17(36)34-8-6-12(10-34)35-21-18(20(28)30-11-31-21)19(33-35)14-4-3-13(9-15(14)24)37-22-29-7-5-16(32-22)23(25,26)27/h2-5,7,9,11-12H,1,6,8,10H2,(H2,28,30,31). The number of ether oxygens (including phenoxy) is 1. The molecule has 1 atom stereocenters. The summed E-state index contributed by atoms with van der Waals surface area (Å²) in [5.41, 5.74) is 5.49. The fraction of sp³-hybridized carbons (Fsp3) is 0.217. The van der Waals surface area contributed by atoms with Crippen molar-refractivity contribution in [2.24, 2.45) is 0 Å². The number of alkyl halides is 3. The third kappa shape index (κ3) is 4.52. The summed E-state index contributed by atoms with van der Waals surface area (Å²) in [6.07, 6.45) is -0.703. The van der Waals surface area contributed by atoms with E-state index in [0.717, 1.165) is 12.3 Å². The zero-order valence-corrected chi connectivity index (χ0v) is 19.0. The van der Waals surface area contributed by atoms with E-state index in [1.807, 2.05) is 0 Å². The van der Waals surface area contributed by atoms with Crippen LogP contribution in [0.25, 0.3) is 22.3 Å². The van der Waals surface area contributed by atoms with E-state index in [9.17, 15) is 18.0 Å². The number of carbonyl (C=O) groups excluding carboxylic acids is 1. The number of nitrogens with two attached hydrogens (primary N) is 1. The largest absolute Gasteiger partial charge is 0.433 e. The molecular formula is C23H18F4N8O2. The second-order valence-corrected chi connectivity index (χ2v) is 8.15. The zero-order chi connectivity index (χ0) is 26.3. The van der Waals surface area contributed by atoms with Gasteiger partial charge in [0.2, 0.25) is 5.91 Å². The average molecular weight is 514 g/mol. The third-order valence-corrected chi connectivity index (χ3v) is 5.84. The van der Waals surface area contributed by atoms with Gasteiger partial charge in [-0.25, -0.2) is 24.0 Å². The maximum atomic E-state index is 15.3. The molecule has 1 fully saturated rings. The molecule has 14 heteroatoms. The van der Waals surface area contributed by atoms with Crippen molar-refractivity contribution in [1.29, 1.82) is 0 Å². The Balaban J connectivity index is 1.49. The number of rotatable bonds is 5. The van der Waals surface area contributed by atoms with Crippen LogP contribution < -0.4 is 10.5 Å². The molecule has 2 N–H and O–H groups in total. The van der Waals surface area contributed by atoms with Gasteiger partial charge in [-0.05, 0) is 30.7 Å². The van der Waals surface area contributed by atoms with Crippen molar-refractivity contribution >= 4 is 22.8 Å². The van der Waals surface area contributed by atoms with Crippen LogP contribution in [0.3, 0.4) is 0 Å². The molecule has 0 aliphatic carbocycles. The maximum absolute atomic E-state index is 15.3. The van der Waals surface area contributed by atoms with Gasteiger partial charge in [0.15, 0.2) is 11.3 Å². The molecule has 1 unspecified atom stereocenters. The molecule has 0 radical (unpaired) electrons. The summed E-state index contributed by atoms with van der Waals surface area (Å²) in [5.74, 6) is -1.03. The predicted molar refractivity (Wildman–Crippen MR) is 123 cm³/mol. The van der Waals surface area contributed by atoms with Gasteiger partial charge >= 0.3 is 12.2 Å². The Labute approximate surface area is 206 Å². The van der Waals surface area contributed by atoms with Crippen LogP contribution in [0.1, 0.15) is 18.2 Å². The van der Waals surface area contributed by atoms with Crippen LogP contribution in [0.5, 0.6) is 11.8 Å². The van der Waals surface area contributed by atoms with Crippen molar-refractivity contribution in [2.75, 3.05) is 18.8 Å². The number of hydrogen-bond donors (Lipinski definition) is 1. The smallest absolute Gasteiger partial charge is 0.424 e. The van der Waals surface area contributed by atoms with Gasteiger partial charge < -0.3 is 15.4 Å². The number of carbonyl (C=O) groups is 1. The maximum Gasteiger partial charge on any atom is 0.433 e.